The first kappa shape index (κ1) is 11.9. The van der Waals surface area contributed by atoms with Gasteiger partial charge >= 0.3 is 5.97 Å². The molecule has 7 heteroatoms. The molecule has 0 bridgehead atoms. The molecule has 1 rings (SSSR count). The molecule has 0 saturated heterocycles. The van der Waals surface area contributed by atoms with Crippen molar-refractivity contribution in [3.63, 3.8) is 0 Å². The van der Waals surface area contributed by atoms with Crippen LogP contribution in [0.2, 0.25) is 0 Å². The average molecular weight is 231 g/mol. The number of carbonyl (C=O) groups is 1. The van der Waals surface area contributed by atoms with E-state index in [1.54, 1.807) is 14.0 Å². The van der Waals surface area contributed by atoms with Crippen molar-refractivity contribution in [2.75, 3.05) is 19.0 Å². The lowest BCUT2D eigenvalue weighted by molar-refractivity contribution is -0.140. The summed E-state index contributed by atoms with van der Waals surface area (Å²) < 4.78 is 4.89. The van der Waals surface area contributed by atoms with Crippen molar-refractivity contribution in [1.82, 2.24) is 10.2 Å². The van der Waals surface area contributed by atoms with E-state index in [4.69, 9.17) is 9.84 Å². The number of rotatable bonds is 6. The number of carboxylic acid groups (broad SMARTS) is 1. The number of nitrogens with zero attached hydrogens (tertiary/aromatic N) is 2. The summed E-state index contributed by atoms with van der Waals surface area (Å²) in [4.78, 5) is 10.5. The Morgan fingerprint density at radius 2 is 2.40 bits per heavy atom. The molecule has 0 radical (unpaired) electrons. The number of anilines is 1. The van der Waals surface area contributed by atoms with Gasteiger partial charge in [0.2, 0.25) is 5.13 Å². The summed E-state index contributed by atoms with van der Waals surface area (Å²) in [6.45, 7) is 2.40. The van der Waals surface area contributed by atoms with Gasteiger partial charge in [0.1, 0.15) is 11.6 Å². The van der Waals surface area contributed by atoms with Crippen LogP contribution in [0.5, 0.6) is 0 Å². The average Bonchev–Trinajstić information content (AvgIpc) is 2.62. The Kier molecular flexibility index (Phi) is 4.44. The van der Waals surface area contributed by atoms with E-state index >= 15 is 0 Å². The van der Waals surface area contributed by atoms with E-state index in [1.165, 1.54) is 11.3 Å². The Hall–Kier alpha value is -1.21. The number of aliphatic carboxylic acids is 1. The fraction of sp³-hybridized carbons (Fsp3) is 0.625. The largest absolute Gasteiger partial charge is 0.481 e. The molecule has 6 nitrogen and oxygen atoms in total. The number of nitrogens with one attached hydrogen (secondary N) is 1. The first-order valence-corrected chi connectivity index (χ1v) is 5.23. The van der Waals surface area contributed by atoms with E-state index in [9.17, 15) is 4.79 Å². The minimum Gasteiger partial charge on any atom is -0.481 e. The summed E-state index contributed by atoms with van der Waals surface area (Å²) in [6.07, 6.45) is 0. The van der Waals surface area contributed by atoms with Crippen LogP contribution in [0.25, 0.3) is 0 Å². The second kappa shape index (κ2) is 5.62. The Balaban J connectivity index is 2.40. The van der Waals surface area contributed by atoms with Gasteiger partial charge in [-0.25, -0.2) is 0 Å². The fourth-order valence-electron chi connectivity index (χ4n) is 0.835. The number of hydrogen-bond donors (Lipinski definition) is 2. The van der Waals surface area contributed by atoms with Crippen molar-refractivity contribution in [1.29, 1.82) is 0 Å². The Morgan fingerprint density at radius 1 is 1.67 bits per heavy atom. The highest BCUT2D eigenvalue weighted by Gasteiger charge is 2.11. The van der Waals surface area contributed by atoms with Gasteiger partial charge in [0.25, 0.3) is 0 Å². The van der Waals surface area contributed by atoms with Crippen molar-refractivity contribution < 1.29 is 14.6 Å². The van der Waals surface area contributed by atoms with Crippen LogP contribution >= 0.6 is 11.3 Å². The minimum atomic E-state index is -0.830. The Labute approximate surface area is 91.3 Å². The van der Waals surface area contributed by atoms with Crippen molar-refractivity contribution in [2.24, 2.45) is 5.92 Å². The summed E-state index contributed by atoms with van der Waals surface area (Å²) in [7, 11) is 1.58. The van der Waals surface area contributed by atoms with Gasteiger partial charge in [0.05, 0.1) is 5.92 Å². The lowest BCUT2D eigenvalue weighted by Crippen LogP contribution is -2.19. The molecule has 0 saturated carbocycles. The maximum absolute atomic E-state index is 10.5. The van der Waals surface area contributed by atoms with Crippen LogP contribution < -0.4 is 5.32 Å². The van der Waals surface area contributed by atoms with Crippen LogP contribution in [-0.2, 0) is 16.1 Å². The monoisotopic (exact) mass is 231 g/mol. The second-order valence-electron chi connectivity index (χ2n) is 3.05. The molecule has 0 aliphatic carbocycles. The first-order chi connectivity index (χ1) is 7.13. The minimum absolute atomic E-state index is 0.344. The van der Waals surface area contributed by atoms with Crippen LogP contribution in [0.4, 0.5) is 5.13 Å². The van der Waals surface area contributed by atoms with Crippen LogP contribution in [0.15, 0.2) is 0 Å². The van der Waals surface area contributed by atoms with Crippen molar-refractivity contribution in [3.8, 4) is 0 Å². The summed E-state index contributed by atoms with van der Waals surface area (Å²) in [6, 6.07) is 0. The van der Waals surface area contributed by atoms with Gasteiger partial charge in [-0.15, -0.1) is 10.2 Å². The third-order valence-corrected chi connectivity index (χ3v) is 2.57. The summed E-state index contributed by atoms with van der Waals surface area (Å²) in [5, 5.41) is 20.7. The molecule has 84 valence electrons. The van der Waals surface area contributed by atoms with Gasteiger partial charge in [-0.3, -0.25) is 4.79 Å². The first-order valence-electron chi connectivity index (χ1n) is 4.41. The molecule has 1 atom stereocenters. The molecule has 0 aromatic carbocycles. The van der Waals surface area contributed by atoms with Crippen LogP contribution in [0.3, 0.4) is 0 Å². The van der Waals surface area contributed by atoms with Gasteiger partial charge in [-0.2, -0.15) is 0 Å². The number of carboxylic acids is 1. The molecule has 15 heavy (non-hydrogen) atoms. The van der Waals surface area contributed by atoms with Gasteiger partial charge in [-0.1, -0.05) is 18.3 Å². The van der Waals surface area contributed by atoms with Crippen LogP contribution in [0.1, 0.15) is 11.9 Å². The van der Waals surface area contributed by atoms with E-state index < -0.39 is 11.9 Å². The van der Waals surface area contributed by atoms with E-state index in [2.05, 4.69) is 15.5 Å². The highest BCUT2D eigenvalue weighted by atomic mass is 32.1. The zero-order valence-corrected chi connectivity index (χ0v) is 9.37. The lowest BCUT2D eigenvalue weighted by Gasteiger charge is -2.05. The molecule has 0 amide bonds. The number of aromatic nitrogens is 2. The van der Waals surface area contributed by atoms with Crippen LogP contribution in [-0.4, -0.2) is 34.9 Å². The molecule has 1 unspecified atom stereocenters. The van der Waals surface area contributed by atoms with E-state index in [-0.39, 0.29) is 0 Å². The Morgan fingerprint density at radius 3 is 3.00 bits per heavy atom. The number of methoxy groups -OCH3 is 1. The molecule has 1 aromatic rings. The summed E-state index contributed by atoms with van der Waals surface area (Å²) >= 11 is 1.36. The molecule has 0 aliphatic rings. The van der Waals surface area contributed by atoms with E-state index in [1.807, 2.05) is 0 Å². The zero-order chi connectivity index (χ0) is 11.3. The molecular weight excluding hydrogens is 218 g/mol. The molecule has 1 heterocycles. The maximum Gasteiger partial charge on any atom is 0.308 e. The topological polar surface area (TPSA) is 84.3 Å². The third-order valence-electron chi connectivity index (χ3n) is 1.72. The number of ether oxygens (including phenoxy) is 1. The third kappa shape index (κ3) is 3.80. The standard InChI is InChI=1S/C8H13N3O3S/c1-5(7(12)13)3-9-8-11-10-6(15-8)4-14-2/h5H,3-4H2,1-2H3,(H,9,11)(H,12,13). The fourth-order valence-corrected chi connectivity index (χ4v) is 1.55. The zero-order valence-electron chi connectivity index (χ0n) is 8.56. The van der Waals surface area contributed by atoms with Crippen LogP contribution in [0, 0.1) is 5.92 Å². The molecule has 0 aliphatic heterocycles. The normalized spacial score (nSPS) is 12.4. The quantitative estimate of drug-likeness (QED) is 0.754. The van der Waals surface area contributed by atoms with Gasteiger partial charge in [-0.05, 0) is 0 Å². The van der Waals surface area contributed by atoms with Crippen molar-refractivity contribution in [3.05, 3.63) is 5.01 Å². The smallest absolute Gasteiger partial charge is 0.308 e. The van der Waals surface area contributed by atoms with Gasteiger partial charge < -0.3 is 15.2 Å². The molecular formula is C8H13N3O3S. The molecule has 0 fully saturated rings. The number of hydrogen-bond acceptors (Lipinski definition) is 6. The SMILES string of the molecule is COCc1nnc(NCC(C)C(=O)O)s1. The van der Waals surface area contributed by atoms with E-state index in [0.717, 1.165) is 5.01 Å². The summed E-state index contributed by atoms with van der Waals surface area (Å²) in [5.74, 6) is -1.27. The predicted octanol–water partition coefficient (Wildman–Crippen LogP) is 0.817. The maximum atomic E-state index is 10.5. The molecule has 0 spiro atoms. The molecule has 1 aromatic heterocycles. The van der Waals surface area contributed by atoms with E-state index in [0.29, 0.717) is 18.3 Å². The Bertz CT molecular complexity index is 329. The van der Waals surface area contributed by atoms with Gasteiger partial charge in [0.15, 0.2) is 0 Å². The van der Waals surface area contributed by atoms with Crippen molar-refractivity contribution in [2.45, 2.75) is 13.5 Å². The lowest BCUT2D eigenvalue weighted by atomic mass is 10.2. The highest BCUT2D eigenvalue weighted by Crippen LogP contribution is 2.15. The highest BCUT2D eigenvalue weighted by molar-refractivity contribution is 7.15. The molecule has 2 N–H and O–H groups in total. The van der Waals surface area contributed by atoms with Gasteiger partial charge in [0, 0.05) is 13.7 Å². The predicted molar refractivity (Wildman–Crippen MR) is 55.9 cm³/mol. The van der Waals surface area contributed by atoms with Crippen molar-refractivity contribution >= 4 is 22.4 Å². The second-order valence-corrected chi connectivity index (χ2v) is 4.12. The summed E-state index contributed by atoms with van der Waals surface area (Å²) in [5.41, 5.74) is 0.